The highest BCUT2D eigenvalue weighted by Gasteiger charge is 2.13. The molecule has 1 aromatic carbocycles. The van der Waals surface area contributed by atoms with Gasteiger partial charge in [0.15, 0.2) is 17.5 Å². The lowest BCUT2D eigenvalue weighted by atomic mass is 10.3. The van der Waals surface area contributed by atoms with Crippen LogP contribution in [0.15, 0.2) is 30.5 Å². The first-order valence-electron chi connectivity index (χ1n) is 4.86. The van der Waals surface area contributed by atoms with Crippen LogP contribution in [0.3, 0.4) is 0 Å². The second-order valence-electron chi connectivity index (χ2n) is 3.35. The molecule has 18 heavy (non-hydrogen) atoms. The quantitative estimate of drug-likeness (QED) is 0.665. The Kier molecular flexibility index (Phi) is 3.47. The van der Waals surface area contributed by atoms with Crippen molar-refractivity contribution in [2.75, 3.05) is 11.2 Å². The molecular weight excluding hydrogens is 264 g/mol. The number of rotatable bonds is 3. The highest BCUT2D eigenvalue weighted by Crippen LogP contribution is 2.25. The zero-order chi connectivity index (χ0) is 13.1. The summed E-state index contributed by atoms with van der Waals surface area (Å²) < 4.78 is 26.8. The fourth-order valence-corrected chi connectivity index (χ4v) is 1.40. The molecule has 7 heteroatoms. The van der Waals surface area contributed by atoms with Crippen molar-refractivity contribution in [1.29, 1.82) is 0 Å². The number of nitrogens with two attached hydrogens (primary N) is 1. The van der Waals surface area contributed by atoms with E-state index < -0.39 is 17.4 Å². The summed E-state index contributed by atoms with van der Waals surface area (Å²) in [5, 5.41) is 0.258. The van der Waals surface area contributed by atoms with Crippen molar-refractivity contribution < 1.29 is 13.6 Å². The van der Waals surface area contributed by atoms with Crippen molar-refractivity contribution in [2.24, 2.45) is 0 Å². The molecule has 0 aliphatic heterocycles. The first-order valence-corrected chi connectivity index (χ1v) is 5.23. The van der Waals surface area contributed by atoms with Gasteiger partial charge in [0, 0.05) is 24.0 Å². The minimum absolute atomic E-state index is 0.0341. The fraction of sp³-hybridized carbons (Fsp3) is 0. The van der Waals surface area contributed by atoms with E-state index in [1.54, 1.807) is 12.1 Å². The number of anilines is 2. The molecule has 2 rings (SSSR count). The van der Waals surface area contributed by atoms with E-state index in [4.69, 9.17) is 22.2 Å². The molecule has 0 atom stereocenters. The van der Waals surface area contributed by atoms with Crippen molar-refractivity contribution in [3.05, 3.63) is 47.1 Å². The van der Waals surface area contributed by atoms with Gasteiger partial charge >= 0.3 is 0 Å². The highest BCUT2D eigenvalue weighted by atomic mass is 35.5. The fourth-order valence-electron chi connectivity index (χ4n) is 1.24. The molecule has 0 aliphatic carbocycles. The van der Waals surface area contributed by atoms with Gasteiger partial charge in [-0.3, -0.25) is 0 Å². The van der Waals surface area contributed by atoms with E-state index in [0.29, 0.717) is 0 Å². The Morgan fingerprint density at radius 1 is 1.28 bits per heavy atom. The second kappa shape index (κ2) is 5.05. The monoisotopic (exact) mass is 271 g/mol. The van der Waals surface area contributed by atoms with Crippen molar-refractivity contribution in [3.8, 4) is 5.75 Å². The molecule has 0 fully saturated rings. The van der Waals surface area contributed by atoms with Crippen LogP contribution in [0.5, 0.6) is 5.75 Å². The number of nitrogens with one attached hydrogen (secondary N) is 1. The third kappa shape index (κ3) is 2.60. The van der Waals surface area contributed by atoms with E-state index >= 15 is 0 Å². The van der Waals surface area contributed by atoms with Crippen LogP contribution >= 0.6 is 11.6 Å². The number of hydrogen-bond acceptors (Lipinski definition) is 4. The average molecular weight is 272 g/mol. The van der Waals surface area contributed by atoms with E-state index in [1.165, 1.54) is 6.20 Å². The standard InChI is InChI=1S/C11H8ClF2N3O/c12-7-2-1-3-16-11(7)17-18-10-8(13)4-6(15)5-9(10)14/h1-5H,15H2,(H,16,17). The number of nitrogen functional groups attached to an aromatic ring is 1. The highest BCUT2D eigenvalue weighted by molar-refractivity contribution is 6.32. The van der Waals surface area contributed by atoms with Crippen molar-refractivity contribution in [1.82, 2.24) is 4.98 Å². The maximum atomic E-state index is 13.4. The van der Waals surface area contributed by atoms with Gasteiger partial charge in [-0.25, -0.2) is 19.2 Å². The predicted octanol–water partition coefficient (Wildman–Crippen LogP) is 3.00. The molecule has 1 heterocycles. The number of aromatic nitrogens is 1. The van der Waals surface area contributed by atoms with Crippen LogP contribution in [0, 0.1) is 11.6 Å². The van der Waals surface area contributed by atoms with Gasteiger partial charge in [0.2, 0.25) is 5.75 Å². The Balaban J connectivity index is 2.19. The zero-order valence-electron chi connectivity index (χ0n) is 8.95. The summed E-state index contributed by atoms with van der Waals surface area (Å²) in [5.41, 5.74) is 7.50. The van der Waals surface area contributed by atoms with E-state index in [0.717, 1.165) is 12.1 Å². The topological polar surface area (TPSA) is 60.2 Å². The molecule has 0 bridgehead atoms. The van der Waals surface area contributed by atoms with Crippen molar-refractivity contribution >= 4 is 23.1 Å². The Labute approximate surface area is 106 Å². The summed E-state index contributed by atoms with van der Waals surface area (Å²) in [6.45, 7) is 0. The molecule has 1 aromatic heterocycles. The number of benzene rings is 1. The molecule has 0 saturated heterocycles. The van der Waals surface area contributed by atoms with Gasteiger partial charge in [-0.2, -0.15) is 0 Å². The Morgan fingerprint density at radius 2 is 1.94 bits per heavy atom. The first kappa shape index (κ1) is 12.4. The number of halogens is 3. The maximum absolute atomic E-state index is 13.4. The minimum Gasteiger partial charge on any atom is -0.399 e. The SMILES string of the molecule is Nc1cc(F)c(ONc2ncccc2Cl)c(F)c1. The summed E-state index contributed by atoms with van der Waals surface area (Å²) in [7, 11) is 0. The normalized spacial score (nSPS) is 10.2. The van der Waals surface area contributed by atoms with E-state index in [9.17, 15) is 8.78 Å². The largest absolute Gasteiger partial charge is 0.399 e. The zero-order valence-corrected chi connectivity index (χ0v) is 9.71. The maximum Gasteiger partial charge on any atom is 0.226 e. The molecule has 0 spiro atoms. The summed E-state index contributed by atoms with van der Waals surface area (Å²) in [6, 6.07) is 5.05. The van der Waals surface area contributed by atoms with Crippen LogP contribution in [0.2, 0.25) is 5.02 Å². The smallest absolute Gasteiger partial charge is 0.226 e. The van der Waals surface area contributed by atoms with Crippen LogP contribution < -0.4 is 16.1 Å². The third-order valence-electron chi connectivity index (χ3n) is 2.03. The van der Waals surface area contributed by atoms with Crippen LogP contribution in [0.4, 0.5) is 20.3 Å². The van der Waals surface area contributed by atoms with Gasteiger partial charge in [0.1, 0.15) is 0 Å². The Hall–Kier alpha value is -2.08. The molecular formula is C11H8ClF2N3O. The van der Waals surface area contributed by atoms with Gasteiger partial charge < -0.3 is 10.6 Å². The van der Waals surface area contributed by atoms with Crippen LogP contribution in [-0.4, -0.2) is 4.98 Å². The number of pyridine rings is 1. The summed E-state index contributed by atoms with van der Waals surface area (Å²) in [6.07, 6.45) is 1.45. The summed E-state index contributed by atoms with van der Waals surface area (Å²) in [4.78, 5) is 8.62. The minimum atomic E-state index is -0.924. The Morgan fingerprint density at radius 3 is 2.56 bits per heavy atom. The van der Waals surface area contributed by atoms with E-state index in [-0.39, 0.29) is 16.5 Å². The number of hydrogen-bond donors (Lipinski definition) is 2. The molecule has 94 valence electrons. The molecule has 0 saturated carbocycles. The lowest BCUT2D eigenvalue weighted by molar-refractivity contribution is 0.352. The first-order chi connectivity index (χ1) is 8.58. The van der Waals surface area contributed by atoms with Crippen LogP contribution in [-0.2, 0) is 0 Å². The van der Waals surface area contributed by atoms with Crippen molar-refractivity contribution in [3.63, 3.8) is 0 Å². The lowest BCUT2D eigenvalue weighted by Gasteiger charge is -2.10. The molecule has 3 N–H and O–H groups in total. The van der Waals surface area contributed by atoms with E-state index in [1.807, 2.05) is 0 Å². The third-order valence-corrected chi connectivity index (χ3v) is 2.33. The van der Waals surface area contributed by atoms with Crippen LogP contribution in [0.1, 0.15) is 0 Å². The Bertz CT molecular complexity index is 557. The second-order valence-corrected chi connectivity index (χ2v) is 3.76. The summed E-state index contributed by atoms with van der Waals surface area (Å²) in [5.74, 6) is -2.31. The molecule has 0 radical (unpaired) electrons. The molecule has 2 aromatic rings. The molecule has 4 nitrogen and oxygen atoms in total. The number of nitrogens with zero attached hydrogens (tertiary/aromatic N) is 1. The van der Waals surface area contributed by atoms with Gasteiger partial charge in [-0.05, 0) is 12.1 Å². The van der Waals surface area contributed by atoms with Gasteiger partial charge in [-0.15, -0.1) is 0 Å². The molecule has 0 unspecified atom stereocenters. The van der Waals surface area contributed by atoms with Crippen molar-refractivity contribution in [2.45, 2.75) is 0 Å². The molecule has 0 amide bonds. The van der Waals surface area contributed by atoms with Gasteiger partial charge in [0.05, 0.1) is 5.02 Å². The summed E-state index contributed by atoms with van der Waals surface area (Å²) >= 11 is 5.78. The molecule has 0 aliphatic rings. The van der Waals surface area contributed by atoms with Gasteiger partial charge in [0.25, 0.3) is 0 Å². The average Bonchev–Trinajstić information content (AvgIpc) is 2.30. The van der Waals surface area contributed by atoms with Crippen LogP contribution in [0.25, 0.3) is 0 Å². The van der Waals surface area contributed by atoms with E-state index in [2.05, 4.69) is 10.5 Å². The predicted molar refractivity (Wildman–Crippen MR) is 64.3 cm³/mol. The van der Waals surface area contributed by atoms with Gasteiger partial charge in [-0.1, -0.05) is 11.6 Å². The lowest BCUT2D eigenvalue weighted by Crippen LogP contribution is -2.09.